The van der Waals surface area contributed by atoms with Gasteiger partial charge in [0.05, 0.1) is 19.7 Å². The highest BCUT2D eigenvalue weighted by Gasteiger charge is 2.31. The summed E-state index contributed by atoms with van der Waals surface area (Å²) in [5.74, 6) is 2.18. The number of fused-ring (bicyclic) bond motifs is 1. The van der Waals surface area contributed by atoms with E-state index >= 15 is 0 Å². The van der Waals surface area contributed by atoms with Crippen molar-refractivity contribution in [3.63, 3.8) is 0 Å². The lowest BCUT2D eigenvalue weighted by Gasteiger charge is -2.33. The van der Waals surface area contributed by atoms with Crippen molar-refractivity contribution in [2.24, 2.45) is 4.99 Å². The van der Waals surface area contributed by atoms with E-state index in [9.17, 15) is 0 Å². The van der Waals surface area contributed by atoms with Crippen LogP contribution in [0.5, 0.6) is 5.75 Å². The number of hydrogen-bond donors (Lipinski definition) is 0. The molecular formula is C23H27BrN2O. The number of halogens is 1. The zero-order valence-corrected chi connectivity index (χ0v) is 17.8. The third kappa shape index (κ3) is 3.77. The molecule has 0 bridgehead atoms. The van der Waals surface area contributed by atoms with Gasteiger partial charge in [-0.3, -0.25) is 4.99 Å². The zero-order valence-electron chi connectivity index (χ0n) is 16.2. The maximum Gasteiger partial charge on any atom is 0.131 e. The van der Waals surface area contributed by atoms with Crippen LogP contribution in [0, 0.1) is 6.92 Å². The molecule has 2 aliphatic heterocycles. The minimum Gasteiger partial charge on any atom is -0.496 e. The van der Waals surface area contributed by atoms with Gasteiger partial charge in [-0.15, -0.1) is 0 Å². The molecule has 4 rings (SSSR count). The van der Waals surface area contributed by atoms with Crippen molar-refractivity contribution in [2.45, 2.75) is 45.1 Å². The molecule has 2 heterocycles. The Balaban J connectivity index is 1.62. The van der Waals surface area contributed by atoms with Gasteiger partial charge in [0.1, 0.15) is 11.6 Å². The van der Waals surface area contributed by atoms with Crippen molar-refractivity contribution < 1.29 is 4.74 Å². The lowest BCUT2D eigenvalue weighted by Crippen LogP contribution is -2.41. The summed E-state index contributed by atoms with van der Waals surface area (Å²) in [5, 5.41) is 0. The quantitative estimate of drug-likeness (QED) is 0.658. The molecule has 0 N–H and O–H groups in total. The SMILES string of the molecule is COc1ccc(Br)cc1CCc1c(C)cccc1C1=NCC2CCCCN12. The minimum absolute atomic E-state index is 0.618. The maximum absolute atomic E-state index is 5.57. The molecule has 0 radical (unpaired) electrons. The Morgan fingerprint density at radius 1 is 1.19 bits per heavy atom. The lowest BCUT2D eigenvalue weighted by molar-refractivity contribution is 0.269. The summed E-state index contributed by atoms with van der Waals surface area (Å²) in [4.78, 5) is 7.52. The number of amidine groups is 1. The Hall–Kier alpha value is -1.81. The summed E-state index contributed by atoms with van der Waals surface area (Å²) >= 11 is 3.59. The first-order valence-corrected chi connectivity index (χ1v) is 10.7. The number of nitrogens with zero attached hydrogens (tertiary/aromatic N) is 2. The van der Waals surface area contributed by atoms with Crippen LogP contribution in [0.2, 0.25) is 0 Å². The van der Waals surface area contributed by atoms with E-state index in [2.05, 4.69) is 52.0 Å². The van der Waals surface area contributed by atoms with Crippen LogP contribution < -0.4 is 4.74 Å². The number of aliphatic imine (C=N–C) groups is 1. The topological polar surface area (TPSA) is 24.8 Å². The van der Waals surface area contributed by atoms with E-state index in [1.807, 2.05) is 12.1 Å². The Morgan fingerprint density at radius 2 is 2.07 bits per heavy atom. The summed E-state index contributed by atoms with van der Waals surface area (Å²) in [6, 6.07) is 13.5. The van der Waals surface area contributed by atoms with Crippen LogP contribution >= 0.6 is 15.9 Å². The van der Waals surface area contributed by atoms with E-state index in [0.717, 1.165) is 36.2 Å². The number of benzene rings is 2. The molecule has 1 atom stereocenters. The molecule has 142 valence electrons. The number of ether oxygens (including phenoxy) is 1. The van der Waals surface area contributed by atoms with Gasteiger partial charge in [0, 0.05) is 16.6 Å². The summed E-state index contributed by atoms with van der Waals surface area (Å²) in [6.07, 6.45) is 5.85. The van der Waals surface area contributed by atoms with E-state index in [4.69, 9.17) is 9.73 Å². The van der Waals surface area contributed by atoms with Crippen molar-refractivity contribution in [3.05, 3.63) is 63.1 Å². The predicted octanol–water partition coefficient (Wildman–Crippen LogP) is 5.17. The van der Waals surface area contributed by atoms with Gasteiger partial charge in [-0.1, -0.05) is 34.1 Å². The number of hydrogen-bond acceptors (Lipinski definition) is 3. The predicted molar refractivity (Wildman–Crippen MR) is 115 cm³/mol. The third-order valence-corrected chi connectivity index (χ3v) is 6.38. The molecule has 1 saturated heterocycles. The molecular weight excluding hydrogens is 400 g/mol. The molecule has 3 nitrogen and oxygen atoms in total. The molecule has 0 aromatic heterocycles. The number of aryl methyl sites for hydroxylation is 2. The Kier molecular flexibility index (Phi) is 5.53. The minimum atomic E-state index is 0.618. The molecule has 27 heavy (non-hydrogen) atoms. The Morgan fingerprint density at radius 3 is 2.93 bits per heavy atom. The van der Waals surface area contributed by atoms with Gasteiger partial charge in [-0.25, -0.2) is 0 Å². The molecule has 0 saturated carbocycles. The highest BCUT2D eigenvalue weighted by Crippen LogP contribution is 2.29. The lowest BCUT2D eigenvalue weighted by atomic mass is 9.93. The van der Waals surface area contributed by atoms with Crippen LogP contribution in [-0.2, 0) is 12.8 Å². The van der Waals surface area contributed by atoms with Crippen molar-refractivity contribution >= 4 is 21.8 Å². The molecule has 1 unspecified atom stereocenters. The van der Waals surface area contributed by atoms with Crippen LogP contribution in [0.15, 0.2) is 45.9 Å². The van der Waals surface area contributed by atoms with Crippen molar-refractivity contribution in [3.8, 4) is 5.75 Å². The van der Waals surface area contributed by atoms with Gasteiger partial charge in [0.2, 0.25) is 0 Å². The zero-order chi connectivity index (χ0) is 18.8. The van der Waals surface area contributed by atoms with E-state index in [1.165, 1.54) is 47.4 Å². The normalized spacial score (nSPS) is 19.0. The second kappa shape index (κ2) is 8.05. The van der Waals surface area contributed by atoms with Gasteiger partial charge in [-0.05, 0) is 73.9 Å². The molecule has 0 aliphatic carbocycles. The summed E-state index contributed by atoms with van der Waals surface area (Å²) < 4.78 is 6.66. The highest BCUT2D eigenvalue weighted by atomic mass is 79.9. The van der Waals surface area contributed by atoms with Gasteiger partial charge in [0.15, 0.2) is 0 Å². The van der Waals surface area contributed by atoms with Gasteiger partial charge in [0.25, 0.3) is 0 Å². The van der Waals surface area contributed by atoms with Crippen LogP contribution in [0.4, 0.5) is 0 Å². The summed E-state index contributed by atoms with van der Waals surface area (Å²) in [5.41, 5.74) is 5.34. The fourth-order valence-electron chi connectivity index (χ4n) is 4.44. The first-order chi connectivity index (χ1) is 13.2. The van der Waals surface area contributed by atoms with Gasteiger partial charge in [-0.2, -0.15) is 0 Å². The highest BCUT2D eigenvalue weighted by molar-refractivity contribution is 9.10. The molecule has 4 heteroatoms. The van der Waals surface area contributed by atoms with Gasteiger partial charge < -0.3 is 9.64 Å². The van der Waals surface area contributed by atoms with Crippen molar-refractivity contribution in [2.75, 3.05) is 20.2 Å². The van der Waals surface area contributed by atoms with Crippen molar-refractivity contribution in [1.82, 2.24) is 4.90 Å². The van der Waals surface area contributed by atoms with Gasteiger partial charge >= 0.3 is 0 Å². The number of piperidine rings is 1. The smallest absolute Gasteiger partial charge is 0.131 e. The van der Waals surface area contributed by atoms with E-state index in [0.29, 0.717) is 6.04 Å². The first kappa shape index (κ1) is 18.5. The molecule has 1 fully saturated rings. The van der Waals surface area contributed by atoms with Crippen molar-refractivity contribution in [1.29, 1.82) is 0 Å². The molecule has 0 spiro atoms. The number of rotatable bonds is 5. The molecule has 0 amide bonds. The van der Waals surface area contributed by atoms with E-state index < -0.39 is 0 Å². The molecule has 2 aromatic carbocycles. The second-order valence-electron chi connectivity index (χ2n) is 7.56. The fraction of sp³-hybridized carbons (Fsp3) is 0.435. The Bertz CT molecular complexity index is 861. The first-order valence-electron chi connectivity index (χ1n) is 9.89. The van der Waals surface area contributed by atoms with Crippen LogP contribution in [0.3, 0.4) is 0 Å². The maximum atomic E-state index is 5.57. The molecule has 2 aliphatic rings. The monoisotopic (exact) mass is 426 g/mol. The average Bonchev–Trinajstić information content (AvgIpc) is 3.11. The second-order valence-corrected chi connectivity index (χ2v) is 8.48. The fourth-order valence-corrected chi connectivity index (χ4v) is 4.85. The third-order valence-electron chi connectivity index (χ3n) is 5.89. The van der Waals surface area contributed by atoms with Crippen LogP contribution in [0.1, 0.15) is 41.5 Å². The van der Waals surface area contributed by atoms with E-state index in [-0.39, 0.29) is 0 Å². The molecule has 2 aromatic rings. The van der Waals surface area contributed by atoms with Crippen LogP contribution in [-0.4, -0.2) is 37.0 Å². The standard InChI is InChI=1S/C23H27BrN2O/c1-16-6-5-8-21(23-25-15-19-7-3-4-13-26(19)23)20(16)11-9-17-14-18(24)10-12-22(17)27-2/h5-6,8,10,12,14,19H,3-4,7,9,11,13,15H2,1-2H3. The Labute approximate surface area is 170 Å². The van der Waals surface area contributed by atoms with E-state index in [1.54, 1.807) is 7.11 Å². The largest absolute Gasteiger partial charge is 0.496 e. The van der Waals surface area contributed by atoms with Crippen LogP contribution in [0.25, 0.3) is 0 Å². The summed E-state index contributed by atoms with van der Waals surface area (Å²) in [6.45, 7) is 4.33. The average molecular weight is 427 g/mol. The summed E-state index contributed by atoms with van der Waals surface area (Å²) in [7, 11) is 1.75. The number of methoxy groups -OCH3 is 1.